The van der Waals surface area contributed by atoms with Crippen molar-refractivity contribution in [1.82, 2.24) is 0 Å². The Hall–Kier alpha value is -2.20. The normalized spacial score (nSPS) is 10.4. The van der Waals surface area contributed by atoms with E-state index in [1.54, 1.807) is 12.1 Å². The van der Waals surface area contributed by atoms with Gasteiger partial charge in [0.05, 0.1) is 12.2 Å². The van der Waals surface area contributed by atoms with Crippen LogP contribution in [0, 0.1) is 5.82 Å². The average Bonchev–Trinajstić information content (AvgIpc) is 2.52. The second-order valence-corrected chi connectivity index (χ2v) is 4.63. The summed E-state index contributed by atoms with van der Waals surface area (Å²) in [4.78, 5) is 11.8. The first kappa shape index (κ1) is 15.2. The maximum atomic E-state index is 14.1. The van der Waals surface area contributed by atoms with Gasteiger partial charge in [0.1, 0.15) is 5.82 Å². The summed E-state index contributed by atoms with van der Waals surface area (Å²) in [5, 5.41) is 8.63. The smallest absolute Gasteiger partial charge is 0.338 e. The van der Waals surface area contributed by atoms with Crippen molar-refractivity contribution in [3.63, 3.8) is 0 Å². The number of hydrogen-bond donors (Lipinski definition) is 1. The van der Waals surface area contributed by atoms with E-state index in [1.807, 2.05) is 30.3 Å². The molecule has 0 atom stereocenters. The maximum Gasteiger partial charge on any atom is 0.338 e. The topological polar surface area (TPSA) is 46.5 Å². The first-order valence-electron chi connectivity index (χ1n) is 6.85. The third kappa shape index (κ3) is 4.13. The molecular weight excluding hydrogens is 271 g/mol. The molecule has 0 radical (unpaired) electrons. The molecule has 0 spiro atoms. The standard InChI is InChI=1S/C17H17FO3/c18-16-12-14(17(20)21-11-5-4-10-19)8-9-15(16)13-6-2-1-3-7-13/h1-3,6-9,12,19H,4-5,10-11H2. The van der Waals surface area contributed by atoms with Gasteiger partial charge in [0.15, 0.2) is 0 Å². The van der Waals surface area contributed by atoms with Crippen molar-refractivity contribution in [2.45, 2.75) is 12.8 Å². The number of benzene rings is 2. The van der Waals surface area contributed by atoms with Crippen LogP contribution in [0.5, 0.6) is 0 Å². The number of aliphatic hydroxyl groups is 1. The van der Waals surface area contributed by atoms with Crippen molar-refractivity contribution < 1.29 is 19.0 Å². The second-order valence-electron chi connectivity index (χ2n) is 4.63. The quantitative estimate of drug-likeness (QED) is 0.654. The van der Waals surface area contributed by atoms with Crippen molar-refractivity contribution in [2.24, 2.45) is 0 Å². The Balaban J connectivity index is 2.07. The van der Waals surface area contributed by atoms with Gasteiger partial charge >= 0.3 is 5.97 Å². The van der Waals surface area contributed by atoms with Gasteiger partial charge in [0.25, 0.3) is 0 Å². The molecule has 2 aromatic carbocycles. The van der Waals surface area contributed by atoms with Gasteiger partial charge in [-0.2, -0.15) is 0 Å². The number of halogens is 1. The van der Waals surface area contributed by atoms with E-state index in [0.717, 1.165) is 5.56 Å². The molecule has 0 aliphatic heterocycles. The summed E-state index contributed by atoms with van der Waals surface area (Å²) in [6.45, 7) is 0.291. The van der Waals surface area contributed by atoms with Crippen LogP contribution < -0.4 is 0 Å². The lowest BCUT2D eigenvalue weighted by Crippen LogP contribution is -2.07. The Morgan fingerprint density at radius 1 is 1.10 bits per heavy atom. The second kappa shape index (κ2) is 7.55. The summed E-state index contributed by atoms with van der Waals surface area (Å²) in [5.41, 5.74) is 1.40. The molecule has 0 bridgehead atoms. The van der Waals surface area contributed by atoms with Gasteiger partial charge in [0, 0.05) is 12.2 Å². The number of unbranched alkanes of at least 4 members (excludes halogenated alkanes) is 1. The van der Waals surface area contributed by atoms with Crippen molar-refractivity contribution in [1.29, 1.82) is 0 Å². The predicted molar refractivity (Wildman–Crippen MR) is 78.4 cm³/mol. The Bertz CT molecular complexity index is 596. The number of carbonyl (C=O) groups is 1. The van der Waals surface area contributed by atoms with Gasteiger partial charge in [-0.3, -0.25) is 0 Å². The highest BCUT2D eigenvalue weighted by Crippen LogP contribution is 2.23. The van der Waals surface area contributed by atoms with Crippen LogP contribution in [0.4, 0.5) is 4.39 Å². The minimum absolute atomic E-state index is 0.0674. The van der Waals surface area contributed by atoms with Gasteiger partial charge in [-0.05, 0) is 30.5 Å². The third-order valence-corrected chi connectivity index (χ3v) is 3.08. The monoisotopic (exact) mass is 288 g/mol. The predicted octanol–water partition coefficient (Wildman–Crippen LogP) is 3.42. The Morgan fingerprint density at radius 2 is 1.86 bits per heavy atom. The van der Waals surface area contributed by atoms with E-state index in [-0.39, 0.29) is 18.8 Å². The molecule has 4 heteroatoms. The highest BCUT2D eigenvalue weighted by Gasteiger charge is 2.11. The Kier molecular flexibility index (Phi) is 5.46. The number of esters is 1. The van der Waals surface area contributed by atoms with Crippen molar-refractivity contribution in [2.75, 3.05) is 13.2 Å². The minimum Gasteiger partial charge on any atom is -0.462 e. The number of hydrogen-bond acceptors (Lipinski definition) is 3. The summed E-state index contributed by atoms with van der Waals surface area (Å²) in [6, 6.07) is 13.5. The molecule has 110 valence electrons. The van der Waals surface area contributed by atoms with Crippen LogP contribution in [0.15, 0.2) is 48.5 Å². The highest BCUT2D eigenvalue weighted by atomic mass is 19.1. The summed E-state index contributed by atoms with van der Waals surface area (Å²) in [5.74, 6) is -1.00. The molecule has 0 amide bonds. The van der Waals surface area contributed by atoms with Crippen LogP contribution >= 0.6 is 0 Å². The van der Waals surface area contributed by atoms with Gasteiger partial charge in [-0.1, -0.05) is 36.4 Å². The lowest BCUT2D eigenvalue weighted by molar-refractivity contribution is 0.0492. The molecule has 3 nitrogen and oxygen atoms in total. The molecule has 0 heterocycles. The molecule has 0 unspecified atom stereocenters. The molecule has 0 fully saturated rings. The van der Waals surface area contributed by atoms with Crippen LogP contribution in [-0.4, -0.2) is 24.3 Å². The lowest BCUT2D eigenvalue weighted by atomic mass is 10.0. The SMILES string of the molecule is O=C(OCCCCO)c1ccc(-c2ccccc2)c(F)c1. The van der Waals surface area contributed by atoms with Crippen LogP contribution in [0.3, 0.4) is 0 Å². The number of ether oxygens (including phenoxy) is 1. The molecular formula is C17H17FO3. The molecule has 0 aliphatic carbocycles. The lowest BCUT2D eigenvalue weighted by Gasteiger charge is -2.07. The first-order chi connectivity index (χ1) is 10.2. The Morgan fingerprint density at radius 3 is 2.52 bits per heavy atom. The van der Waals surface area contributed by atoms with E-state index in [0.29, 0.717) is 18.4 Å². The van der Waals surface area contributed by atoms with E-state index in [1.165, 1.54) is 6.07 Å². The van der Waals surface area contributed by atoms with Crippen LogP contribution in [0.2, 0.25) is 0 Å². The van der Waals surface area contributed by atoms with Crippen molar-refractivity contribution >= 4 is 5.97 Å². The molecule has 2 rings (SSSR count). The van der Waals surface area contributed by atoms with Gasteiger partial charge in [-0.25, -0.2) is 9.18 Å². The van der Waals surface area contributed by atoms with Gasteiger partial charge in [0.2, 0.25) is 0 Å². The molecule has 21 heavy (non-hydrogen) atoms. The van der Waals surface area contributed by atoms with Crippen LogP contribution in [-0.2, 0) is 4.74 Å². The number of rotatable bonds is 6. The van der Waals surface area contributed by atoms with Crippen LogP contribution in [0.1, 0.15) is 23.2 Å². The van der Waals surface area contributed by atoms with Crippen molar-refractivity contribution in [3.8, 4) is 11.1 Å². The summed E-state index contributed by atoms with van der Waals surface area (Å²) >= 11 is 0. The number of carbonyl (C=O) groups excluding carboxylic acids is 1. The fourth-order valence-electron chi connectivity index (χ4n) is 1.96. The zero-order chi connectivity index (χ0) is 15.1. The fourth-order valence-corrected chi connectivity index (χ4v) is 1.96. The van der Waals surface area contributed by atoms with Gasteiger partial charge in [-0.15, -0.1) is 0 Å². The zero-order valence-corrected chi connectivity index (χ0v) is 11.6. The Labute approximate surface area is 123 Å². The molecule has 0 aliphatic rings. The first-order valence-corrected chi connectivity index (χ1v) is 6.85. The number of aliphatic hydroxyl groups excluding tert-OH is 1. The fraction of sp³-hybridized carbons (Fsp3) is 0.235. The highest BCUT2D eigenvalue weighted by molar-refractivity contribution is 5.90. The summed E-state index contributed by atoms with van der Waals surface area (Å²) in [7, 11) is 0. The van der Waals surface area contributed by atoms with E-state index < -0.39 is 11.8 Å². The van der Waals surface area contributed by atoms with Gasteiger partial charge < -0.3 is 9.84 Å². The molecule has 1 N–H and O–H groups in total. The van der Waals surface area contributed by atoms with E-state index >= 15 is 0 Å². The van der Waals surface area contributed by atoms with Crippen LogP contribution in [0.25, 0.3) is 11.1 Å². The maximum absolute atomic E-state index is 14.1. The summed E-state index contributed by atoms with van der Waals surface area (Å²) in [6.07, 6.45) is 1.17. The summed E-state index contributed by atoms with van der Waals surface area (Å²) < 4.78 is 19.1. The molecule has 0 aromatic heterocycles. The minimum atomic E-state index is -0.550. The molecule has 0 saturated heterocycles. The largest absolute Gasteiger partial charge is 0.462 e. The van der Waals surface area contributed by atoms with Crippen molar-refractivity contribution in [3.05, 3.63) is 59.9 Å². The molecule has 0 saturated carbocycles. The van der Waals surface area contributed by atoms with E-state index in [2.05, 4.69) is 0 Å². The third-order valence-electron chi connectivity index (χ3n) is 3.08. The van der Waals surface area contributed by atoms with E-state index in [9.17, 15) is 9.18 Å². The zero-order valence-electron chi connectivity index (χ0n) is 11.6. The average molecular weight is 288 g/mol. The molecule has 2 aromatic rings. The van der Waals surface area contributed by atoms with E-state index in [4.69, 9.17) is 9.84 Å².